The monoisotopic (exact) mass is 458 g/mol. The number of aromatic nitrogens is 1. The molecular weight excluding hydrogens is 432 g/mol. The average Bonchev–Trinajstić information content (AvgIpc) is 2.85. The van der Waals surface area contributed by atoms with Gasteiger partial charge in [0.05, 0.1) is 5.92 Å². The number of carbonyl (C=O) groups is 3. The quantitative estimate of drug-likeness (QED) is 0.580. The Morgan fingerprint density at radius 3 is 2.71 bits per heavy atom. The number of imide groups is 1. The number of nitrogens with zero attached hydrogens (tertiary/aromatic N) is 3. The van der Waals surface area contributed by atoms with Crippen molar-refractivity contribution < 1.29 is 19.5 Å². The van der Waals surface area contributed by atoms with Crippen LogP contribution in [0.2, 0.25) is 0 Å². The maximum atomic E-state index is 13.3. The third-order valence-electron chi connectivity index (χ3n) is 6.93. The smallest absolute Gasteiger partial charge is 0.327 e. The molecule has 2 saturated heterocycles. The van der Waals surface area contributed by atoms with Crippen LogP contribution in [0.3, 0.4) is 0 Å². The summed E-state index contributed by atoms with van der Waals surface area (Å²) < 4.78 is 0. The number of pyridine rings is 1. The molecule has 34 heavy (non-hydrogen) atoms. The number of hydrogen-bond acceptors (Lipinski definition) is 5. The van der Waals surface area contributed by atoms with Gasteiger partial charge in [-0.25, -0.2) is 19.5 Å². The van der Waals surface area contributed by atoms with Gasteiger partial charge in [-0.05, 0) is 53.3 Å². The van der Waals surface area contributed by atoms with Gasteiger partial charge < -0.3 is 15.7 Å². The number of urea groups is 1. The Morgan fingerprint density at radius 1 is 1.12 bits per heavy atom. The van der Waals surface area contributed by atoms with Gasteiger partial charge in [0.15, 0.2) is 6.04 Å². The van der Waals surface area contributed by atoms with Gasteiger partial charge >= 0.3 is 12.0 Å². The highest BCUT2D eigenvalue weighted by Gasteiger charge is 2.55. The molecule has 3 aromatic rings. The highest BCUT2D eigenvalue weighted by molar-refractivity contribution is 6.07. The van der Waals surface area contributed by atoms with Gasteiger partial charge in [-0.15, -0.1) is 0 Å². The molecule has 2 fully saturated rings. The highest BCUT2D eigenvalue weighted by Crippen LogP contribution is 2.35. The van der Waals surface area contributed by atoms with Crippen molar-refractivity contribution in [2.75, 3.05) is 18.8 Å². The van der Waals surface area contributed by atoms with Crippen molar-refractivity contribution in [1.29, 1.82) is 0 Å². The molecule has 0 saturated carbocycles. The van der Waals surface area contributed by atoms with Crippen LogP contribution in [0.5, 0.6) is 0 Å². The molecule has 3 atom stereocenters. The van der Waals surface area contributed by atoms with Gasteiger partial charge in [0.1, 0.15) is 5.82 Å². The Kier molecular flexibility index (Phi) is 5.65. The number of aliphatic carboxylic acids is 1. The largest absolute Gasteiger partial charge is 0.480 e. The van der Waals surface area contributed by atoms with Gasteiger partial charge in [0, 0.05) is 25.2 Å². The van der Waals surface area contributed by atoms with Gasteiger partial charge in [-0.2, -0.15) is 0 Å². The minimum Gasteiger partial charge on any atom is -0.480 e. The first-order valence-corrected chi connectivity index (χ1v) is 11.5. The zero-order chi connectivity index (χ0) is 23.8. The zero-order valence-corrected chi connectivity index (χ0v) is 18.6. The van der Waals surface area contributed by atoms with E-state index in [9.17, 15) is 19.5 Å². The molecule has 1 unspecified atom stereocenters. The van der Waals surface area contributed by atoms with E-state index in [1.54, 1.807) is 17.0 Å². The fourth-order valence-electron chi connectivity index (χ4n) is 5.28. The molecule has 5 rings (SSSR count). The lowest BCUT2D eigenvalue weighted by atomic mass is 9.82. The number of amides is 3. The molecule has 0 radical (unpaired) electrons. The van der Waals surface area contributed by atoms with Gasteiger partial charge in [0.25, 0.3) is 0 Å². The first-order chi connectivity index (χ1) is 16.4. The Bertz CT molecular complexity index is 1270. The summed E-state index contributed by atoms with van der Waals surface area (Å²) in [4.78, 5) is 44.8. The van der Waals surface area contributed by atoms with Crippen molar-refractivity contribution in [2.24, 2.45) is 5.92 Å². The van der Waals surface area contributed by atoms with Crippen LogP contribution in [0.25, 0.3) is 10.8 Å². The first kappa shape index (κ1) is 21.9. The van der Waals surface area contributed by atoms with Crippen LogP contribution in [0, 0.1) is 5.92 Å². The number of rotatable bonds is 4. The summed E-state index contributed by atoms with van der Waals surface area (Å²) >= 11 is 0. The molecule has 2 aromatic carbocycles. The van der Waals surface area contributed by atoms with Crippen LogP contribution in [0.15, 0.2) is 60.8 Å². The van der Waals surface area contributed by atoms with Crippen LogP contribution >= 0.6 is 0 Å². The van der Waals surface area contributed by atoms with Crippen LogP contribution in [-0.4, -0.2) is 56.9 Å². The third-order valence-corrected chi connectivity index (χ3v) is 6.93. The fourth-order valence-corrected chi connectivity index (χ4v) is 5.28. The molecule has 3 N–H and O–H groups in total. The van der Waals surface area contributed by atoms with E-state index in [0.717, 1.165) is 34.1 Å². The summed E-state index contributed by atoms with van der Waals surface area (Å²) in [6.45, 7) is 0.955. The van der Waals surface area contributed by atoms with Crippen molar-refractivity contribution in [3.63, 3.8) is 0 Å². The zero-order valence-electron chi connectivity index (χ0n) is 18.6. The maximum absolute atomic E-state index is 13.3. The molecule has 174 valence electrons. The van der Waals surface area contributed by atoms with Crippen molar-refractivity contribution in [3.05, 3.63) is 71.9 Å². The Hall–Kier alpha value is -3.94. The highest BCUT2D eigenvalue weighted by atomic mass is 16.4. The van der Waals surface area contributed by atoms with Gasteiger partial charge in [0.2, 0.25) is 5.91 Å². The number of carboxylic acids is 1. The van der Waals surface area contributed by atoms with Gasteiger partial charge in [-0.3, -0.25) is 4.79 Å². The molecule has 8 heteroatoms. The molecule has 8 nitrogen and oxygen atoms in total. The average molecular weight is 459 g/mol. The van der Waals surface area contributed by atoms with Crippen LogP contribution in [0.1, 0.15) is 29.9 Å². The minimum atomic E-state index is -1.19. The van der Waals surface area contributed by atoms with E-state index >= 15 is 0 Å². The van der Waals surface area contributed by atoms with Gasteiger partial charge in [-0.1, -0.05) is 42.5 Å². The lowest BCUT2D eigenvalue weighted by molar-refractivity contribution is -0.166. The molecular formula is C26H26N4O4. The molecule has 3 amide bonds. The minimum absolute atomic E-state index is 0.124. The Morgan fingerprint density at radius 2 is 1.91 bits per heavy atom. The van der Waals surface area contributed by atoms with Crippen LogP contribution in [0.4, 0.5) is 10.6 Å². The van der Waals surface area contributed by atoms with E-state index in [2.05, 4.69) is 29.2 Å². The predicted octanol–water partition coefficient (Wildman–Crippen LogP) is 3.27. The summed E-state index contributed by atoms with van der Waals surface area (Å²) in [6, 6.07) is 15.9. The molecule has 0 aliphatic carbocycles. The SMILES string of the molecule is Nc1cc(C[C@H]2C(=O)N(C(=O)N3CCCC(c4cccc5ccccc45)C3)[C@@H]2C(=O)O)ccn1. The van der Waals surface area contributed by atoms with Crippen molar-refractivity contribution >= 4 is 34.5 Å². The standard InChI is InChI=1S/C26H26N4O4/c27-22-14-16(10-11-28-22)13-21-23(25(32)33)30(24(21)31)26(34)29-12-4-7-18(15-29)20-9-3-6-17-5-1-2-8-19(17)20/h1-3,5-6,8-11,14,18,21,23H,4,7,12-13,15H2,(H2,27,28)(H,32,33)/t18?,21-,23+/m1/s1. The van der Waals surface area contributed by atoms with Crippen molar-refractivity contribution in [3.8, 4) is 0 Å². The second-order valence-electron chi connectivity index (χ2n) is 9.03. The third kappa shape index (κ3) is 3.85. The predicted molar refractivity (Wildman–Crippen MR) is 127 cm³/mol. The van der Waals surface area contributed by atoms with E-state index in [0.29, 0.717) is 18.9 Å². The molecule has 2 aliphatic rings. The molecule has 2 aliphatic heterocycles. The Balaban J connectivity index is 1.34. The topological polar surface area (TPSA) is 117 Å². The van der Waals surface area contributed by atoms with E-state index in [1.165, 1.54) is 11.8 Å². The van der Waals surface area contributed by atoms with E-state index in [4.69, 9.17) is 5.73 Å². The summed E-state index contributed by atoms with van der Waals surface area (Å²) in [5, 5.41) is 12.1. The van der Waals surface area contributed by atoms with Crippen LogP contribution < -0.4 is 5.73 Å². The second kappa shape index (κ2) is 8.78. The molecule has 1 aromatic heterocycles. The summed E-state index contributed by atoms with van der Waals surface area (Å²) in [6.07, 6.45) is 3.44. The first-order valence-electron chi connectivity index (χ1n) is 11.5. The van der Waals surface area contributed by atoms with Crippen molar-refractivity contribution in [2.45, 2.75) is 31.2 Å². The Labute approximate surface area is 197 Å². The lowest BCUT2D eigenvalue weighted by Crippen LogP contribution is -2.69. The fraction of sp³-hybridized carbons (Fsp3) is 0.308. The number of benzene rings is 2. The summed E-state index contributed by atoms with van der Waals surface area (Å²) in [7, 11) is 0. The lowest BCUT2D eigenvalue weighted by Gasteiger charge is -2.46. The number of β-lactam (4-membered cyclic amide) rings is 1. The number of piperidine rings is 1. The summed E-state index contributed by atoms with van der Waals surface area (Å²) in [5.41, 5.74) is 7.60. The van der Waals surface area contributed by atoms with Crippen LogP contribution in [-0.2, 0) is 16.0 Å². The maximum Gasteiger partial charge on any atom is 0.327 e. The summed E-state index contributed by atoms with van der Waals surface area (Å²) in [5.74, 6) is -2.01. The van der Waals surface area contributed by atoms with E-state index in [-0.39, 0.29) is 12.3 Å². The number of nitrogen functional groups attached to an aromatic ring is 1. The number of fused-ring (bicyclic) bond motifs is 1. The normalized spacial score (nSPS) is 22.5. The number of likely N-dealkylation sites (tertiary alicyclic amines) is 2. The number of anilines is 1. The van der Waals surface area contributed by atoms with E-state index in [1.807, 2.05) is 18.2 Å². The molecule has 3 heterocycles. The number of carbonyl (C=O) groups excluding carboxylic acids is 2. The number of carboxylic acid groups (broad SMARTS) is 1. The molecule has 0 bridgehead atoms. The molecule has 0 spiro atoms. The number of hydrogen-bond donors (Lipinski definition) is 2. The second-order valence-corrected chi connectivity index (χ2v) is 9.03. The van der Waals surface area contributed by atoms with Crippen molar-refractivity contribution in [1.82, 2.24) is 14.8 Å². The van der Waals surface area contributed by atoms with E-state index < -0.39 is 29.9 Å². The number of nitrogens with two attached hydrogens (primary N) is 1.